The number of nitrogens with one attached hydrogen (secondary N) is 1. The van der Waals surface area contributed by atoms with Crippen molar-refractivity contribution >= 4 is 22.6 Å². The van der Waals surface area contributed by atoms with Crippen LogP contribution in [-0.4, -0.2) is 47.0 Å². The van der Waals surface area contributed by atoms with E-state index in [0.717, 1.165) is 48.5 Å². The standard InChI is InChI=1S/C20H22N4O/c1-15-5-4-6-17-16(14-22-20(15)17)13-19(25)24-11-9-23(10-12-24)18-7-2-3-8-21-18/h2-8,14,22H,9-13H2,1H3. The van der Waals surface area contributed by atoms with Crippen LogP contribution in [0.2, 0.25) is 0 Å². The summed E-state index contributed by atoms with van der Waals surface area (Å²) in [5.41, 5.74) is 3.42. The summed E-state index contributed by atoms with van der Waals surface area (Å²) in [4.78, 5) is 24.6. The van der Waals surface area contributed by atoms with Gasteiger partial charge >= 0.3 is 0 Å². The van der Waals surface area contributed by atoms with Gasteiger partial charge in [-0.25, -0.2) is 4.98 Å². The zero-order chi connectivity index (χ0) is 17.2. The molecule has 4 rings (SSSR count). The minimum absolute atomic E-state index is 0.197. The summed E-state index contributed by atoms with van der Waals surface area (Å²) in [6.07, 6.45) is 4.23. The Morgan fingerprint density at radius 3 is 2.72 bits per heavy atom. The Hall–Kier alpha value is -2.82. The van der Waals surface area contributed by atoms with E-state index in [-0.39, 0.29) is 5.91 Å². The highest BCUT2D eigenvalue weighted by atomic mass is 16.2. The summed E-state index contributed by atoms with van der Waals surface area (Å²) in [7, 11) is 0. The second kappa shape index (κ2) is 6.59. The number of para-hydroxylation sites is 1. The zero-order valence-electron chi connectivity index (χ0n) is 14.4. The lowest BCUT2D eigenvalue weighted by atomic mass is 10.1. The Morgan fingerprint density at radius 2 is 1.96 bits per heavy atom. The number of H-pyrrole nitrogens is 1. The third kappa shape index (κ3) is 3.09. The Morgan fingerprint density at radius 1 is 1.12 bits per heavy atom. The largest absolute Gasteiger partial charge is 0.361 e. The van der Waals surface area contributed by atoms with Gasteiger partial charge in [0.1, 0.15) is 5.82 Å². The molecule has 2 aromatic heterocycles. The molecular formula is C20H22N4O. The van der Waals surface area contributed by atoms with Gasteiger partial charge in [0.2, 0.25) is 5.91 Å². The maximum atomic E-state index is 12.7. The van der Waals surface area contributed by atoms with Crippen molar-refractivity contribution in [3.05, 3.63) is 59.9 Å². The number of amides is 1. The number of hydrogen-bond acceptors (Lipinski definition) is 3. The molecule has 1 N–H and O–H groups in total. The van der Waals surface area contributed by atoms with Gasteiger partial charge in [-0.3, -0.25) is 4.79 Å². The number of fused-ring (bicyclic) bond motifs is 1. The lowest BCUT2D eigenvalue weighted by Crippen LogP contribution is -2.49. The van der Waals surface area contributed by atoms with Crippen LogP contribution in [0.4, 0.5) is 5.82 Å². The molecule has 1 aliphatic heterocycles. The van der Waals surface area contributed by atoms with Gasteiger partial charge in [0.05, 0.1) is 6.42 Å². The minimum Gasteiger partial charge on any atom is -0.361 e. The Balaban J connectivity index is 1.41. The van der Waals surface area contributed by atoms with Crippen LogP contribution in [0, 0.1) is 6.92 Å². The van der Waals surface area contributed by atoms with Crippen LogP contribution in [0.5, 0.6) is 0 Å². The third-order valence-corrected chi connectivity index (χ3v) is 4.96. The number of rotatable bonds is 3. The van der Waals surface area contributed by atoms with Gasteiger partial charge in [-0.05, 0) is 30.2 Å². The van der Waals surface area contributed by atoms with Crippen LogP contribution in [0.1, 0.15) is 11.1 Å². The fourth-order valence-corrected chi connectivity index (χ4v) is 3.51. The average molecular weight is 334 g/mol. The Kier molecular flexibility index (Phi) is 4.14. The smallest absolute Gasteiger partial charge is 0.227 e. The minimum atomic E-state index is 0.197. The summed E-state index contributed by atoms with van der Waals surface area (Å²) in [6.45, 7) is 5.24. The normalized spacial score (nSPS) is 14.9. The first kappa shape index (κ1) is 15.7. The summed E-state index contributed by atoms with van der Waals surface area (Å²) < 4.78 is 0. The van der Waals surface area contributed by atoms with Crippen molar-refractivity contribution in [1.82, 2.24) is 14.9 Å². The van der Waals surface area contributed by atoms with Crippen molar-refractivity contribution in [3.8, 4) is 0 Å². The topological polar surface area (TPSA) is 52.2 Å². The molecule has 0 aliphatic carbocycles. The van der Waals surface area contributed by atoms with Crippen molar-refractivity contribution < 1.29 is 4.79 Å². The van der Waals surface area contributed by atoms with Crippen molar-refractivity contribution in [2.24, 2.45) is 0 Å². The maximum absolute atomic E-state index is 12.7. The van der Waals surface area contributed by atoms with Gasteiger partial charge in [-0.15, -0.1) is 0 Å². The van der Waals surface area contributed by atoms with E-state index in [1.807, 2.05) is 41.6 Å². The molecule has 0 radical (unpaired) electrons. The van der Waals surface area contributed by atoms with Crippen LogP contribution in [-0.2, 0) is 11.2 Å². The molecule has 1 saturated heterocycles. The summed E-state index contributed by atoms with van der Waals surface area (Å²) in [5, 5.41) is 1.15. The quantitative estimate of drug-likeness (QED) is 0.801. The number of piperazine rings is 1. The molecule has 0 saturated carbocycles. The van der Waals surface area contributed by atoms with Gasteiger partial charge in [0, 0.05) is 49.5 Å². The molecule has 1 aromatic carbocycles. The molecule has 1 amide bonds. The van der Waals surface area contributed by atoms with Crippen molar-refractivity contribution in [3.63, 3.8) is 0 Å². The van der Waals surface area contributed by atoms with Crippen LogP contribution in [0.3, 0.4) is 0 Å². The first-order chi connectivity index (χ1) is 12.2. The number of aryl methyl sites for hydroxylation is 1. The second-order valence-corrected chi connectivity index (χ2v) is 6.54. The first-order valence-electron chi connectivity index (χ1n) is 8.72. The summed E-state index contributed by atoms with van der Waals surface area (Å²) in [6, 6.07) is 12.2. The predicted molar refractivity (Wildman–Crippen MR) is 99.8 cm³/mol. The number of anilines is 1. The van der Waals surface area contributed by atoms with Crippen molar-refractivity contribution in [2.75, 3.05) is 31.1 Å². The van der Waals surface area contributed by atoms with E-state index < -0.39 is 0 Å². The van der Waals surface area contributed by atoms with E-state index in [4.69, 9.17) is 0 Å². The van der Waals surface area contributed by atoms with Gasteiger partial charge < -0.3 is 14.8 Å². The number of benzene rings is 1. The molecule has 5 heteroatoms. The molecule has 3 heterocycles. The Bertz CT molecular complexity index is 879. The molecule has 5 nitrogen and oxygen atoms in total. The van der Waals surface area contributed by atoms with Gasteiger partial charge in [-0.2, -0.15) is 0 Å². The fourth-order valence-electron chi connectivity index (χ4n) is 3.51. The molecule has 0 atom stereocenters. The van der Waals surface area contributed by atoms with Crippen LogP contribution < -0.4 is 4.90 Å². The highest BCUT2D eigenvalue weighted by molar-refractivity contribution is 5.90. The van der Waals surface area contributed by atoms with Gasteiger partial charge in [-0.1, -0.05) is 24.3 Å². The van der Waals surface area contributed by atoms with E-state index in [1.165, 1.54) is 5.56 Å². The molecule has 0 spiro atoms. The molecule has 1 aliphatic rings. The molecule has 0 bridgehead atoms. The number of carbonyl (C=O) groups is 1. The number of aromatic amines is 1. The molecular weight excluding hydrogens is 312 g/mol. The maximum Gasteiger partial charge on any atom is 0.227 e. The fraction of sp³-hybridized carbons (Fsp3) is 0.300. The number of carbonyl (C=O) groups excluding carboxylic acids is 1. The molecule has 128 valence electrons. The molecule has 3 aromatic rings. The summed E-state index contributed by atoms with van der Waals surface area (Å²) >= 11 is 0. The Labute approximate surface area is 147 Å². The van der Waals surface area contributed by atoms with Crippen LogP contribution >= 0.6 is 0 Å². The number of pyridine rings is 1. The van der Waals surface area contributed by atoms with Gasteiger partial charge in [0.15, 0.2) is 0 Å². The molecule has 25 heavy (non-hydrogen) atoms. The SMILES string of the molecule is Cc1cccc2c(CC(=O)N3CCN(c4ccccn4)CC3)c[nH]c12. The number of aromatic nitrogens is 2. The number of nitrogens with zero attached hydrogens (tertiary/aromatic N) is 3. The van der Waals surface area contributed by atoms with Crippen molar-refractivity contribution in [1.29, 1.82) is 0 Å². The first-order valence-corrected chi connectivity index (χ1v) is 8.72. The highest BCUT2D eigenvalue weighted by Crippen LogP contribution is 2.22. The summed E-state index contributed by atoms with van der Waals surface area (Å²) in [5.74, 6) is 1.18. The van der Waals surface area contributed by atoms with E-state index in [9.17, 15) is 4.79 Å². The van der Waals surface area contributed by atoms with Gasteiger partial charge in [0.25, 0.3) is 0 Å². The predicted octanol–water partition coefficient (Wildman–Crippen LogP) is 2.76. The zero-order valence-corrected chi connectivity index (χ0v) is 14.4. The van der Waals surface area contributed by atoms with Crippen LogP contribution in [0.25, 0.3) is 10.9 Å². The molecule has 0 unspecified atom stereocenters. The van der Waals surface area contributed by atoms with E-state index in [0.29, 0.717) is 6.42 Å². The monoisotopic (exact) mass is 334 g/mol. The lowest BCUT2D eigenvalue weighted by molar-refractivity contribution is -0.130. The van der Waals surface area contributed by atoms with E-state index in [1.54, 1.807) is 0 Å². The number of hydrogen-bond donors (Lipinski definition) is 1. The van der Waals surface area contributed by atoms with E-state index >= 15 is 0 Å². The molecule has 1 fully saturated rings. The second-order valence-electron chi connectivity index (χ2n) is 6.54. The highest BCUT2D eigenvalue weighted by Gasteiger charge is 2.22. The third-order valence-electron chi connectivity index (χ3n) is 4.96. The van der Waals surface area contributed by atoms with Crippen LogP contribution in [0.15, 0.2) is 48.8 Å². The van der Waals surface area contributed by atoms with Crippen molar-refractivity contribution in [2.45, 2.75) is 13.3 Å². The lowest BCUT2D eigenvalue weighted by Gasteiger charge is -2.35. The average Bonchev–Trinajstić information content (AvgIpc) is 3.07. The van der Waals surface area contributed by atoms with E-state index in [2.05, 4.69) is 33.9 Å².